The summed E-state index contributed by atoms with van der Waals surface area (Å²) in [5.74, 6) is 0.725. The van der Waals surface area contributed by atoms with E-state index in [1.807, 2.05) is 6.92 Å². The molecule has 8 heteroatoms. The number of benzene rings is 1. The van der Waals surface area contributed by atoms with Crippen LogP contribution >= 0.6 is 24.0 Å². The van der Waals surface area contributed by atoms with E-state index in [2.05, 4.69) is 5.32 Å². The maximum atomic E-state index is 11.7. The lowest BCUT2D eigenvalue weighted by molar-refractivity contribution is -0.123. The first-order chi connectivity index (χ1) is 10.0. The van der Waals surface area contributed by atoms with E-state index in [-0.39, 0.29) is 24.9 Å². The molecule has 0 aliphatic heterocycles. The van der Waals surface area contributed by atoms with E-state index in [0.29, 0.717) is 29.7 Å². The Balaban J connectivity index is 0.00000441. The Hall–Kier alpha value is -1.21. The molecular weight excluding hydrogens is 331 g/mol. The lowest BCUT2D eigenvalue weighted by Gasteiger charge is -2.14. The van der Waals surface area contributed by atoms with Crippen molar-refractivity contribution in [3.63, 3.8) is 0 Å². The maximum Gasteiger partial charge on any atom is 0.239 e. The van der Waals surface area contributed by atoms with Gasteiger partial charge in [0.25, 0.3) is 0 Å². The summed E-state index contributed by atoms with van der Waals surface area (Å²) in [5.41, 5.74) is 6.42. The summed E-state index contributed by atoms with van der Waals surface area (Å²) in [4.78, 5) is 11.7. The van der Waals surface area contributed by atoms with Gasteiger partial charge in [-0.1, -0.05) is 11.6 Å². The SMILES string of the molecule is CCOc1c(Cl)cc(CNC(=O)C(N)COC)cc1OC.Cl. The highest BCUT2D eigenvalue weighted by Gasteiger charge is 2.15. The molecule has 22 heavy (non-hydrogen) atoms. The zero-order chi connectivity index (χ0) is 15.8. The molecule has 0 aromatic heterocycles. The topological polar surface area (TPSA) is 82.8 Å². The summed E-state index contributed by atoms with van der Waals surface area (Å²) in [6, 6.07) is 2.78. The molecule has 0 aliphatic rings. The van der Waals surface area contributed by atoms with Crippen LogP contribution in [0.25, 0.3) is 0 Å². The van der Waals surface area contributed by atoms with E-state index in [1.54, 1.807) is 12.1 Å². The molecule has 0 saturated carbocycles. The van der Waals surface area contributed by atoms with Crippen molar-refractivity contribution in [3.8, 4) is 11.5 Å². The molecule has 0 heterocycles. The highest BCUT2D eigenvalue weighted by atomic mass is 35.5. The molecular formula is C14H22Cl2N2O4. The zero-order valence-electron chi connectivity index (χ0n) is 12.8. The molecule has 1 rings (SSSR count). The average Bonchev–Trinajstić information content (AvgIpc) is 2.47. The first kappa shape index (κ1) is 20.8. The second kappa shape index (κ2) is 10.5. The molecule has 126 valence electrons. The summed E-state index contributed by atoms with van der Waals surface area (Å²) in [6.07, 6.45) is 0. The molecule has 0 aliphatic carbocycles. The Bertz CT molecular complexity index is 486. The van der Waals surface area contributed by atoms with Gasteiger partial charge in [0.2, 0.25) is 5.91 Å². The minimum absolute atomic E-state index is 0. The van der Waals surface area contributed by atoms with E-state index >= 15 is 0 Å². The molecule has 1 aromatic rings. The molecule has 0 bridgehead atoms. The molecule has 1 atom stereocenters. The largest absolute Gasteiger partial charge is 0.493 e. The van der Waals surface area contributed by atoms with Gasteiger partial charge in [-0.05, 0) is 24.6 Å². The molecule has 0 spiro atoms. The number of methoxy groups -OCH3 is 2. The number of nitrogens with one attached hydrogen (secondary N) is 1. The van der Waals surface area contributed by atoms with E-state index in [4.69, 9.17) is 31.5 Å². The summed E-state index contributed by atoms with van der Waals surface area (Å²) in [5, 5.41) is 3.15. The van der Waals surface area contributed by atoms with Crippen LogP contribution in [-0.4, -0.2) is 39.4 Å². The summed E-state index contributed by atoms with van der Waals surface area (Å²) in [7, 11) is 3.02. The maximum absolute atomic E-state index is 11.7. The van der Waals surface area contributed by atoms with Crippen LogP contribution < -0.4 is 20.5 Å². The van der Waals surface area contributed by atoms with Crippen LogP contribution in [0.2, 0.25) is 5.02 Å². The normalized spacial score (nSPS) is 11.3. The van der Waals surface area contributed by atoms with Crippen molar-refractivity contribution in [1.29, 1.82) is 0 Å². The van der Waals surface area contributed by atoms with Crippen molar-refractivity contribution in [2.75, 3.05) is 27.4 Å². The van der Waals surface area contributed by atoms with Crippen molar-refractivity contribution in [2.45, 2.75) is 19.5 Å². The number of amides is 1. The number of rotatable bonds is 8. The molecule has 1 unspecified atom stereocenters. The van der Waals surface area contributed by atoms with Gasteiger partial charge in [0.15, 0.2) is 11.5 Å². The molecule has 3 N–H and O–H groups in total. The van der Waals surface area contributed by atoms with E-state index in [1.165, 1.54) is 14.2 Å². The predicted octanol–water partition coefficient (Wildman–Crippen LogP) is 1.76. The van der Waals surface area contributed by atoms with Crippen molar-refractivity contribution >= 4 is 29.9 Å². The molecule has 1 aromatic carbocycles. The fourth-order valence-corrected chi connectivity index (χ4v) is 2.02. The van der Waals surface area contributed by atoms with Crippen LogP contribution in [0.3, 0.4) is 0 Å². The van der Waals surface area contributed by atoms with Crippen LogP contribution in [0.4, 0.5) is 0 Å². The number of halogens is 2. The Labute approximate surface area is 141 Å². The third kappa shape index (κ3) is 5.88. The summed E-state index contributed by atoms with van der Waals surface area (Å²) >= 11 is 6.16. The van der Waals surface area contributed by atoms with Gasteiger partial charge in [0.05, 0.1) is 25.3 Å². The minimum Gasteiger partial charge on any atom is -0.493 e. The predicted molar refractivity (Wildman–Crippen MR) is 88.1 cm³/mol. The Morgan fingerprint density at radius 2 is 2.09 bits per heavy atom. The highest BCUT2D eigenvalue weighted by Crippen LogP contribution is 2.36. The monoisotopic (exact) mass is 352 g/mol. The van der Waals surface area contributed by atoms with Crippen molar-refractivity contribution < 1.29 is 19.0 Å². The highest BCUT2D eigenvalue weighted by molar-refractivity contribution is 6.32. The summed E-state index contributed by atoms with van der Waals surface area (Å²) < 4.78 is 15.5. The molecule has 1 amide bonds. The van der Waals surface area contributed by atoms with Crippen molar-refractivity contribution in [1.82, 2.24) is 5.32 Å². The van der Waals surface area contributed by atoms with Crippen LogP contribution in [0.15, 0.2) is 12.1 Å². The molecule has 0 radical (unpaired) electrons. The molecule has 0 saturated heterocycles. The Morgan fingerprint density at radius 3 is 2.64 bits per heavy atom. The van der Waals surface area contributed by atoms with Crippen LogP contribution in [0.1, 0.15) is 12.5 Å². The number of ether oxygens (including phenoxy) is 3. The first-order valence-electron chi connectivity index (χ1n) is 6.54. The fraction of sp³-hybridized carbons (Fsp3) is 0.500. The van der Waals surface area contributed by atoms with Gasteiger partial charge in [0.1, 0.15) is 6.04 Å². The fourth-order valence-electron chi connectivity index (χ4n) is 1.74. The van der Waals surface area contributed by atoms with Crippen LogP contribution in [0, 0.1) is 0 Å². The number of carbonyl (C=O) groups excluding carboxylic acids is 1. The number of hydrogen-bond acceptors (Lipinski definition) is 5. The van der Waals surface area contributed by atoms with Gasteiger partial charge in [-0.25, -0.2) is 0 Å². The van der Waals surface area contributed by atoms with Gasteiger partial charge in [-0.15, -0.1) is 12.4 Å². The summed E-state index contributed by atoms with van der Waals surface area (Å²) in [6.45, 7) is 2.80. The lowest BCUT2D eigenvalue weighted by atomic mass is 10.2. The molecule has 0 fully saturated rings. The average molecular weight is 353 g/mol. The number of nitrogens with two attached hydrogens (primary N) is 1. The smallest absolute Gasteiger partial charge is 0.239 e. The quantitative estimate of drug-likeness (QED) is 0.744. The first-order valence-corrected chi connectivity index (χ1v) is 6.92. The Morgan fingerprint density at radius 1 is 1.41 bits per heavy atom. The van der Waals surface area contributed by atoms with Crippen molar-refractivity contribution in [3.05, 3.63) is 22.7 Å². The molecule has 6 nitrogen and oxygen atoms in total. The van der Waals surface area contributed by atoms with Gasteiger partial charge in [0, 0.05) is 13.7 Å². The zero-order valence-corrected chi connectivity index (χ0v) is 14.4. The Kier molecular flexibility index (Phi) is 9.93. The van der Waals surface area contributed by atoms with Gasteiger partial charge >= 0.3 is 0 Å². The van der Waals surface area contributed by atoms with E-state index in [0.717, 1.165) is 5.56 Å². The van der Waals surface area contributed by atoms with Gasteiger partial charge in [-0.2, -0.15) is 0 Å². The van der Waals surface area contributed by atoms with Crippen LogP contribution in [0.5, 0.6) is 11.5 Å². The number of hydrogen-bond donors (Lipinski definition) is 2. The van der Waals surface area contributed by atoms with Gasteiger partial charge < -0.3 is 25.3 Å². The van der Waals surface area contributed by atoms with Gasteiger partial charge in [-0.3, -0.25) is 4.79 Å². The second-order valence-corrected chi connectivity index (χ2v) is 4.73. The van der Waals surface area contributed by atoms with E-state index < -0.39 is 6.04 Å². The van der Waals surface area contributed by atoms with Crippen LogP contribution in [-0.2, 0) is 16.1 Å². The second-order valence-electron chi connectivity index (χ2n) is 4.32. The van der Waals surface area contributed by atoms with E-state index in [9.17, 15) is 4.79 Å². The number of carbonyl (C=O) groups is 1. The standard InChI is InChI=1S/C14H21ClN2O4.ClH/c1-4-21-13-10(15)5-9(6-12(13)20-3)7-17-14(18)11(16)8-19-2;/h5-6,11H,4,7-8,16H2,1-3H3,(H,17,18);1H. The third-order valence-corrected chi connectivity index (χ3v) is 3.01. The minimum atomic E-state index is -0.699. The third-order valence-electron chi connectivity index (χ3n) is 2.73. The lowest BCUT2D eigenvalue weighted by Crippen LogP contribution is -2.43. The van der Waals surface area contributed by atoms with Crippen molar-refractivity contribution in [2.24, 2.45) is 5.73 Å².